The fraction of sp³-hybridized carbons (Fsp3) is 0.143. The van der Waals surface area contributed by atoms with Crippen molar-refractivity contribution in [2.24, 2.45) is 7.05 Å². The summed E-state index contributed by atoms with van der Waals surface area (Å²) in [6.07, 6.45) is 3.49. The average Bonchev–Trinajstić information content (AvgIpc) is 3.19. The third-order valence-corrected chi connectivity index (χ3v) is 4.47. The lowest BCUT2D eigenvalue weighted by atomic mass is 10.1. The van der Waals surface area contributed by atoms with Crippen molar-refractivity contribution in [2.75, 3.05) is 5.32 Å². The van der Waals surface area contributed by atoms with Gasteiger partial charge in [0.05, 0.1) is 12.7 Å². The van der Waals surface area contributed by atoms with Gasteiger partial charge in [-0.25, -0.2) is 9.97 Å². The van der Waals surface area contributed by atoms with Crippen LogP contribution in [0.25, 0.3) is 16.8 Å². The van der Waals surface area contributed by atoms with Gasteiger partial charge in [-0.3, -0.25) is 14.0 Å². The number of hydrogen-bond acceptors (Lipinski definition) is 6. The summed E-state index contributed by atoms with van der Waals surface area (Å²) in [5, 5.41) is 7.35. The van der Waals surface area contributed by atoms with Crippen LogP contribution in [0.1, 0.15) is 5.82 Å². The monoisotopic (exact) mass is 442 g/mol. The predicted molar refractivity (Wildman–Crippen MR) is 110 cm³/mol. The largest absolute Gasteiger partial charge is 0.573 e. The molecule has 8 nitrogen and oxygen atoms in total. The van der Waals surface area contributed by atoms with Crippen molar-refractivity contribution in [3.05, 3.63) is 83.6 Å². The highest BCUT2D eigenvalue weighted by Gasteiger charge is 2.31. The molecule has 0 aliphatic rings. The normalized spacial score (nSPS) is 11.4. The lowest BCUT2D eigenvalue weighted by Gasteiger charge is -2.15. The van der Waals surface area contributed by atoms with Crippen LogP contribution in [0.4, 0.5) is 18.9 Å². The highest BCUT2D eigenvalue weighted by Crippen LogP contribution is 2.28. The maximum atomic E-state index is 12.8. The minimum Gasteiger partial charge on any atom is -0.406 e. The lowest BCUT2D eigenvalue weighted by molar-refractivity contribution is -0.274. The Bertz CT molecular complexity index is 1270. The zero-order valence-electron chi connectivity index (χ0n) is 16.7. The Morgan fingerprint density at radius 2 is 1.81 bits per heavy atom. The number of rotatable bonds is 6. The van der Waals surface area contributed by atoms with Crippen LogP contribution in [-0.4, -0.2) is 30.7 Å². The Kier molecular flexibility index (Phi) is 5.63. The minimum atomic E-state index is -4.79. The number of nitrogens with zero attached hydrogens (tertiary/aromatic N) is 5. The van der Waals surface area contributed by atoms with Crippen LogP contribution < -0.4 is 15.6 Å². The van der Waals surface area contributed by atoms with Gasteiger partial charge in [0, 0.05) is 60.4 Å². The van der Waals surface area contributed by atoms with E-state index in [0.29, 0.717) is 29.3 Å². The predicted octanol–water partition coefficient (Wildman–Crippen LogP) is 3.54. The van der Waals surface area contributed by atoms with Gasteiger partial charge in [0.25, 0.3) is 5.56 Å². The topological polar surface area (TPSA) is 86.9 Å². The first-order valence-electron chi connectivity index (χ1n) is 9.40. The highest BCUT2D eigenvalue weighted by molar-refractivity contribution is 5.76. The van der Waals surface area contributed by atoms with Gasteiger partial charge in [0.15, 0.2) is 0 Å². The van der Waals surface area contributed by atoms with Crippen LogP contribution in [-0.2, 0) is 13.6 Å². The molecular weight excluding hydrogens is 425 g/mol. The molecule has 0 spiro atoms. The SMILES string of the molecule is Cn1cc(-c2cn(-c3ccc(OC(F)(F)F)cc3)c(=O)cc2NCc2ncccn2)cn1. The summed E-state index contributed by atoms with van der Waals surface area (Å²) < 4.78 is 44.1. The Hall–Kier alpha value is -4.15. The Labute approximate surface area is 179 Å². The maximum Gasteiger partial charge on any atom is 0.573 e. The summed E-state index contributed by atoms with van der Waals surface area (Å²) in [6, 6.07) is 8.17. The smallest absolute Gasteiger partial charge is 0.406 e. The highest BCUT2D eigenvalue weighted by atomic mass is 19.4. The number of alkyl halides is 3. The van der Waals surface area contributed by atoms with E-state index in [2.05, 4.69) is 25.1 Å². The molecule has 0 aliphatic carbocycles. The molecule has 3 heterocycles. The molecule has 0 amide bonds. The Morgan fingerprint density at radius 3 is 2.44 bits per heavy atom. The number of aryl methyl sites for hydroxylation is 1. The van der Waals surface area contributed by atoms with Gasteiger partial charge in [0.1, 0.15) is 11.6 Å². The molecule has 0 aliphatic heterocycles. The third kappa shape index (κ3) is 4.94. The van der Waals surface area contributed by atoms with E-state index in [0.717, 1.165) is 17.7 Å². The molecule has 3 aromatic heterocycles. The van der Waals surface area contributed by atoms with Crippen LogP contribution >= 0.6 is 0 Å². The fourth-order valence-corrected chi connectivity index (χ4v) is 3.08. The van der Waals surface area contributed by atoms with E-state index in [-0.39, 0.29) is 11.3 Å². The summed E-state index contributed by atoms with van der Waals surface area (Å²) in [5.74, 6) is 0.178. The molecule has 0 unspecified atom stereocenters. The number of hydrogen-bond donors (Lipinski definition) is 1. The molecule has 11 heteroatoms. The molecule has 0 saturated heterocycles. The molecule has 0 bridgehead atoms. The lowest BCUT2D eigenvalue weighted by Crippen LogP contribution is -2.19. The zero-order valence-corrected chi connectivity index (χ0v) is 16.7. The van der Waals surface area contributed by atoms with Gasteiger partial charge in [0.2, 0.25) is 0 Å². The molecule has 4 rings (SSSR count). The standard InChI is InChI=1S/C21H17F3N6O2/c1-29-12-14(10-28-29)17-13-30(15-3-5-16(6-4-15)32-21(22,23)24)20(31)9-18(17)27-11-19-25-7-2-8-26-19/h2-10,12-13,27H,11H2,1H3. The fourth-order valence-electron chi connectivity index (χ4n) is 3.08. The first-order valence-corrected chi connectivity index (χ1v) is 9.40. The molecule has 4 aromatic rings. The second-order valence-corrected chi connectivity index (χ2v) is 6.77. The van der Waals surface area contributed by atoms with Crippen LogP contribution in [0.5, 0.6) is 5.75 Å². The van der Waals surface area contributed by atoms with Crippen LogP contribution in [0.15, 0.2) is 72.2 Å². The number of anilines is 1. The van der Waals surface area contributed by atoms with Crippen LogP contribution in [0.2, 0.25) is 0 Å². The first kappa shape index (κ1) is 21.1. The van der Waals surface area contributed by atoms with Crippen molar-refractivity contribution in [1.82, 2.24) is 24.3 Å². The van der Waals surface area contributed by atoms with Crippen molar-refractivity contribution in [3.8, 4) is 22.6 Å². The molecule has 0 radical (unpaired) electrons. The van der Waals surface area contributed by atoms with E-state index in [1.54, 1.807) is 48.8 Å². The molecule has 32 heavy (non-hydrogen) atoms. The molecule has 0 atom stereocenters. The quantitative estimate of drug-likeness (QED) is 0.492. The number of halogens is 3. The first-order chi connectivity index (χ1) is 15.3. The number of benzene rings is 1. The van der Waals surface area contributed by atoms with Crippen LogP contribution in [0, 0.1) is 0 Å². The van der Waals surface area contributed by atoms with E-state index in [1.165, 1.54) is 22.8 Å². The number of pyridine rings is 1. The van der Waals surface area contributed by atoms with E-state index in [4.69, 9.17) is 0 Å². The van der Waals surface area contributed by atoms with Gasteiger partial charge in [-0.1, -0.05) is 0 Å². The second-order valence-electron chi connectivity index (χ2n) is 6.77. The zero-order chi connectivity index (χ0) is 22.7. The number of aromatic nitrogens is 5. The Morgan fingerprint density at radius 1 is 1.09 bits per heavy atom. The number of nitrogens with one attached hydrogen (secondary N) is 1. The van der Waals surface area contributed by atoms with E-state index in [9.17, 15) is 18.0 Å². The average molecular weight is 442 g/mol. The Balaban J connectivity index is 1.70. The molecular formula is C21H17F3N6O2. The van der Waals surface area contributed by atoms with Gasteiger partial charge in [-0.2, -0.15) is 5.10 Å². The van der Waals surface area contributed by atoms with Crippen molar-refractivity contribution >= 4 is 5.69 Å². The molecule has 164 valence electrons. The summed E-state index contributed by atoms with van der Waals surface area (Å²) in [4.78, 5) is 21.1. The molecule has 1 N–H and O–H groups in total. The molecule has 0 saturated carbocycles. The summed E-state index contributed by atoms with van der Waals surface area (Å²) in [7, 11) is 1.77. The minimum absolute atomic E-state index is 0.293. The molecule has 1 aromatic carbocycles. The van der Waals surface area contributed by atoms with Crippen molar-refractivity contribution in [1.29, 1.82) is 0 Å². The van der Waals surface area contributed by atoms with Gasteiger partial charge in [-0.05, 0) is 30.3 Å². The summed E-state index contributed by atoms with van der Waals surface area (Å²) in [6.45, 7) is 0.293. The van der Waals surface area contributed by atoms with Gasteiger partial charge < -0.3 is 10.1 Å². The van der Waals surface area contributed by atoms with Crippen LogP contribution in [0.3, 0.4) is 0 Å². The van der Waals surface area contributed by atoms with E-state index < -0.39 is 6.36 Å². The van der Waals surface area contributed by atoms with Crippen molar-refractivity contribution in [3.63, 3.8) is 0 Å². The maximum absolute atomic E-state index is 12.8. The van der Waals surface area contributed by atoms with Crippen molar-refractivity contribution in [2.45, 2.75) is 12.9 Å². The van der Waals surface area contributed by atoms with Gasteiger partial charge in [-0.15, -0.1) is 13.2 Å². The second kappa shape index (κ2) is 8.53. The summed E-state index contributed by atoms with van der Waals surface area (Å²) in [5.41, 5.74) is 1.97. The van der Waals surface area contributed by atoms with Gasteiger partial charge >= 0.3 is 6.36 Å². The van der Waals surface area contributed by atoms with Crippen molar-refractivity contribution < 1.29 is 17.9 Å². The number of ether oxygens (including phenoxy) is 1. The third-order valence-electron chi connectivity index (χ3n) is 4.47. The van der Waals surface area contributed by atoms with E-state index >= 15 is 0 Å². The molecule has 0 fully saturated rings. The summed E-state index contributed by atoms with van der Waals surface area (Å²) >= 11 is 0. The van der Waals surface area contributed by atoms with E-state index in [1.807, 2.05) is 0 Å².